The van der Waals surface area contributed by atoms with E-state index in [4.69, 9.17) is 10.4 Å². The van der Waals surface area contributed by atoms with Crippen molar-refractivity contribution in [3.63, 3.8) is 0 Å². The third-order valence-electron chi connectivity index (χ3n) is 2.42. The molecular weight excluding hydrogens is 342 g/mol. The average molecular weight is 350 g/mol. The molecule has 0 spiro atoms. The second-order valence-electron chi connectivity index (χ2n) is 3.95. The summed E-state index contributed by atoms with van der Waals surface area (Å²) >= 11 is 3.24. The number of anilines is 1. The number of amides is 1. The lowest BCUT2D eigenvalue weighted by atomic mass is 10.2. The van der Waals surface area contributed by atoms with Crippen LogP contribution in [0.15, 0.2) is 28.9 Å². The summed E-state index contributed by atoms with van der Waals surface area (Å²) in [5.41, 5.74) is 0.578. The van der Waals surface area contributed by atoms with Crippen molar-refractivity contribution in [2.45, 2.75) is 6.54 Å². The highest BCUT2D eigenvalue weighted by atomic mass is 79.9. The normalized spacial score (nSPS) is 9.90. The summed E-state index contributed by atoms with van der Waals surface area (Å²) in [4.78, 5) is 22.5. The molecule has 2 aromatic rings. The SMILES string of the molecule is N#Cc1ccc(Br)cc1NC(=O)c1cn(CC(=O)O)nn1. The van der Waals surface area contributed by atoms with Crippen LogP contribution in [0.3, 0.4) is 0 Å². The number of nitriles is 1. The van der Waals surface area contributed by atoms with E-state index in [0.29, 0.717) is 15.7 Å². The van der Waals surface area contributed by atoms with Gasteiger partial charge in [-0.05, 0) is 18.2 Å². The number of hydrogen-bond acceptors (Lipinski definition) is 5. The first-order valence-corrected chi connectivity index (χ1v) is 6.42. The van der Waals surface area contributed by atoms with Crippen LogP contribution in [0, 0.1) is 11.3 Å². The maximum absolute atomic E-state index is 12.0. The van der Waals surface area contributed by atoms with Gasteiger partial charge in [-0.25, -0.2) is 4.68 Å². The lowest BCUT2D eigenvalue weighted by Crippen LogP contribution is -2.13. The molecule has 0 fully saturated rings. The minimum atomic E-state index is -1.09. The van der Waals surface area contributed by atoms with Crippen molar-refractivity contribution < 1.29 is 14.7 Å². The molecule has 0 atom stereocenters. The zero-order valence-electron chi connectivity index (χ0n) is 10.4. The fraction of sp³-hybridized carbons (Fsp3) is 0.0833. The molecule has 106 valence electrons. The zero-order chi connectivity index (χ0) is 15.4. The molecule has 8 nitrogen and oxygen atoms in total. The first-order valence-electron chi connectivity index (χ1n) is 5.62. The quantitative estimate of drug-likeness (QED) is 0.856. The topological polar surface area (TPSA) is 121 Å². The number of benzene rings is 1. The number of carbonyl (C=O) groups excluding carboxylic acids is 1. The molecule has 0 unspecified atom stereocenters. The molecule has 2 N–H and O–H groups in total. The number of hydrogen-bond donors (Lipinski definition) is 2. The summed E-state index contributed by atoms with van der Waals surface area (Å²) < 4.78 is 1.73. The van der Waals surface area contributed by atoms with Crippen LogP contribution in [0.1, 0.15) is 16.1 Å². The maximum Gasteiger partial charge on any atom is 0.325 e. The summed E-state index contributed by atoms with van der Waals surface area (Å²) in [5.74, 6) is -1.67. The zero-order valence-corrected chi connectivity index (χ0v) is 12.0. The van der Waals surface area contributed by atoms with E-state index >= 15 is 0 Å². The number of halogens is 1. The van der Waals surface area contributed by atoms with E-state index in [2.05, 4.69) is 31.6 Å². The molecule has 0 bridgehead atoms. The molecule has 0 radical (unpaired) electrons. The predicted molar refractivity (Wildman–Crippen MR) is 74.5 cm³/mol. The van der Waals surface area contributed by atoms with Crippen molar-refractivity contribution in [1.82, 2.24) is 15.0 Å². The Kier molecular flexibility index (Phi) is 4.30. The average Bonchev–Trinajstić information content (AvgIpc) is 2.86. The fourth-order valence-electron chi connectivity index (χ4n) is 1.52. The van der Waals surface area contributed by atoms with Crippen LogP contribution in [-0.4, -0.2) is 32.0 Å². The summed E-state index contributed by atoms with van der Waals surface area (Å²) in [6.07, 6.45) is 1.22. The van der Waals surface area contributed by atoms with Gasteiger partial charge in [0.1, 0.15) is 12.6 Å². The Hall–Kier alpha value is -2.73. The smallest absolute Gasteiger partial charge is 0.325 e. The van der Waals surface area contributed by atoms with Gasteiger partial charge in [0.05, 0.1) is 17.4 Å². The minimum Gasteiger partial charge on any atom is -0.480 e. The van der Waals surface area contributed by atoms with Crippen LogP contribution in [0.4, 0.5) is 5.69 Å². The Morgan fingerprint density at radius 2 is 2.24 bits per heavy atom. The van der Waals surface area contributed by atoms with Gasteiger partial charge in [0, 0.05) is 4.47 Å². The van der Waals surface area contributed by atoms with Crippen LogP contribution in [0.25, 0.3) is 0 Å². The van der Waals surface area contributed by atoms with E-state index in [1.54, 1.807) is 18.2 Å². The first kappa shape index (κ1) is 14.7. The van der Waals surface area contributed by atoms with Crippen molar-refractivity contribution in [2.24, 2.45) is 0 Å². The molecule has 1 amide bonds. The second-order valence-corrected chi connectivity index (χ2v) is 4.87. The maximum atomic E-state index is 12.0. The van der Waals surface area contributed by atoms with Crippen molar-refractivity contribution in [3.8, 4) is 6.07 Å². The van der Waals surface area contributed by atoms with Gasteiger partial charge < -0.3 is 10.4 Å². The summed E-state index contributed by atoms with van der Waals surface area (Å²) in [6, 6.07) is 6.77. The van der Waals surface area contributed by atoms with Crippen molar-refractivity contribution in [2.75, 3.05) is 5.32 Å². The molecule has 0 saturated carbocycles. The van der Waals surface area contributed by atoms with E-state index in [1.807, 2.05) is 6.07 Å². The molecule has 21 heavy (non-hydrogen) atoms. The molecular formula is C12H8BrN5O3. The van der Waals surface area contributed by atoms with Crippen molar-refractivity contribution in [3.05, 3.63) is 40.1 Å². The van der Waals surface area contributed by atoms with Gasteiger partial charge in [-0.3, -0.25) is 9.59 Å². The number of aliphatic carboxylic acids is 1. The van der Waals surface area contributed by atoms with Gasteiger partial charge in [-0.2, -0.15) is 5.26 Å². The molecule has 9 heteroatoms. The molecule has 1 heterocycles. The summed E-state index contributed by atoms with van der Waals surface area (Å²) in [7, 11) is 0. The molecule has 0 aliphatic carbocycles. The van der Waals surface area contributed by atoms with Gasteiger partial charge in [-0.15, -0.1) is 5.10 Å². The lowest BCUT2D eigenvalue weighted by molar-refractivity contribution is -0.137. The number of carboxylic acid groups (broad SMARTS) is 1. The molecule has 1 aromatic carbocycles. The molecule has 0 saturated heterocycles. The van der Waals surface area contributed by atoms with E-state index < -0.39 is 11.9 Å². The van der Waals surface area contributed by atoms with Crippen LogP contribution in [0.5, 0.6) is 0 Å². The number of rotatable bonds is 4. The number of carbonyl (C=O) groups is 2. The Bertz CT molecular complexity index is 750. The largest absolute Gasteiger partial charge is 0.480 e. The lowest BCUT2D eigenvalue weighted by Gasteiger charge is -2.05. The van der Waals surface area contributed by atoms with Crippen molar-refractivity contribution >= 4 is 33.5 Å². The Labute approximate surface area is 127 Å². The summed E-state index contributed by atoms with van der Waals surface area (Å²) in [5, 5.41) is 27.2. The highest BCUT2D eigenvalue weighted by Gasteiger charge is 2.14. The Morgan fingerprint density at radius 3 is 2.90 bits per heavy atom. The second kappa shape index (κ2) is 6.15. The molecule has 1 aromatic heterocycles. The van der Waals surface area contributed by atoms with Crippen LogP contribution < -0.4 is 5.32 Å². The minimum absolute atomic E-state index is 0.0416. The standard InChI is InChI=1S/C12H8BrN5O3/c13-8-2-1-7(4-14)9(3-8)15-12(21)10-5-18(17-16-10)6-11(19)20/h1-3,5H,6H2,(H,15,21)(H,19,20). The molecule has 0 aliphatic heterocycles. The highest BCUT2D eigenvalue weighted by Crippen LogP contribution is 2.21. The summed E-state index contributed by atoms with van der Waals surface area (Å²) in [6.45, 7) is -0.388. The van der Waals surface area contributed by atoms with E-state index in [-0.39, 0.29) is 12.2 Å². The third kappa shape index (κ3) is 3.64. The Morgan fingerprint density at radius 1 is 1.48 bits per heavy atom. The fourth-order valence-corrected chi connectivity index (χ4v) is 1.88. The van der Waals surface area contributed by atoms with Crippen LogP contribution in [0.2, 0.25) is 0 Å². The molecule has 2 rings (SSSR count). The van der Waals surface area contributed by atoms with Crippen LogP contribution in [-0.2, 0) is 11.3 Å². The highest BCUT2D eigenvalue weighted by molar-refractivity contribution is 9.10. The van der Waals surface area contributed by atoms with Gasteiger partial charge >= 0.3 is 5.97 Å². The van der Waals surface area contributed by atoms with Crippen molar-refractivity contribution in [1.29, 1.82) is 5.26 Å². The van der Waals surface area contributed by atoms with E-state index in [9.17, 15) is 9.59 Å². The Balaban J connectivity index is 2.18. The van der Waals surface area contributed by atoms with Gasteiger partial charge in [0.25, 0.3) is 5.91 Å². The number of aromatic nitrogens is 3. The monoisotopic (exact) mass is 349 g/mol. The number of carboxylic acids is 1. The predicted octanol–water partition coefficient (Wildman–Crippen LogP) is 1.25. The number of nitrogens with zero attached hydrogens (tertiary/aromatic N) is 4. The molecule has 0 aliphatic rings. The van der Waals surface area contributed by atoms with Gasteiger partial charge in [0.2, 0.25) is 0 Å². The van der Waals surface area contributed by atoms with Gasteiger partial charge in [-0.1, -0.05) is 21.1 Å². The number of nitrogens with one attached hydrogen (secondary N) is 1. The first-order chi connectivity index (χ1) is 9.99. The van der Waals surface area contributed by atoms with Gasteiger partial charge in [0.15, 0.2) is 5.69 Å². The van der Waals surface area contributed by atoms with Crippen LogP contribution >= 0.6 is 15.9 Å². The van der Waals surface area contributed by atoms with E-state index in [0.717, 1.165) is 4.68 Å². The third-order valence-corrected chi connectivity index (χ3v) is 2.91. The van der Waals surface area contributed by atoms with E-state index in [1.165, 1.54) is 6.20 Å².